The number of nitrogens with zero attached hydrogens (tertiary/aromatic N) is 1. The number of primary amides is 1. The second-order valence-electron chi connectivity index (χ2n) is 5.30. The van der Waals surface area contributed by atoms with Gasteiger partial charge in [0.25, 0.3) is 0 Å². The van der Waals surface area contributed by atoms with Gasteiger partial charge in [-0.1, -0.05) is 13.8 Å². The molecule has 5 heteroatoms. The van der Waals surface area contributed by atoms with Crippen molar-refractivity contribution >= 4 is 5.91 Å². The Kier molecular flexibility index (Phi) is 8.97. The highest BCUT2D eigenvalue weighted by Gasteiger charge is 2.33. The van der Waals surface area contributed by atoms with Crippen LogP contribution >= 0.6 is 0 Å². The van der Waals surface area contributed by atoms with Crippen LogP contribution in [0, 0.1) is 0 Å². The summed E-state index contributed by atoms with van der Waals surface area (Å²) in [5.74, 6) is -0.282. The Morgan fingerprint density at radius 3 is 2.53 bits per heavy atom. The van der Waals surface area contributed by atoms with Gasteiger partial charge in [-0.05, 0) is 39.8 Å². The minimum atomic E-state index is -0.643. The van der Waals surface area contributed by atoms with E-state index in [0.717, 1.165) is 26.1 Å². The summed E-state index contributed by atoms with van der Waals surface area (Å²) in [4.78, 5) is 14.0. The first-order chi connectivity index (χ1) is 8.91. The van der Waals surface area contributed by atoms with E-state index < -0.39 is 5.54 Å². The Morgan fingerprint density at radius 2 is 2.11 bits per heavy atom. The smallest absolute Gasteiger partial charge is 0.237 e. The highest BCUT2D eigenvalue weighted by Crippen LogP contribution is 2.16. The van der Waals surface area contributed by atoms with Crippen LogP contribution in [0.3, 0.4) is 0 Å². The summed E-state index contributed by atoms with van der Waals surface area (Å²) in [6, 6.07) is 0.280. The summed E-state index contributed by atoms with van der Waals surface area (Å²) >= 11 is 0. The number of ether oxygens (including phenoxy) is 1. The topological polar surface area (TPSA) is 67.6 Å². The van der Waals surface area contributed by atoms with Gasteiger partial charge in [-0.25, -0.2) is 0 Å². The van der Waals surface area contributed by atoms with Gasteiger partial charge in [-0.15, -0.1) is 0 Å². The van der Waals surface area contributed by atoms with Gasteiger partial charge in [-0.3, -0.25) is 9.69 Å². The molecule has 114 valence electrons. The van der Waals surface area contributed by atoms with Gasteiger partial charge in [-0.2, -0.15) is 0 Å². The molecule has 19 heavy (non-hydrogen) atoms. The third-order valence-electron chi connectivity index (χ3n) is 3.62. The van der Waals surface area contributed by atoms with E-state index in [1.54, 1.807) is 7.11 Å². The predicted octanol–water partition coefficient (Wildman–Crippen LogP) is 0.977. The monoisotopic (exact) mass is 273 g/mol. The Labute approximate surface area is 117 Å². The molecule has 2 unspecified atom stereocenters. The van der Waals surface area contributed by atoms with Gasteiger partial charge in [0.1, 0.15) is 0 Å². The van der Waals surface area contributed by atoms with Crippen LogP contribution in [0.15, 0.2) is 0 Å². The minimum Gasteiger partial charge on any atom is -0.383 e. The van der Waals surface area contributed by atoms with Crippen LogP contribution in [-0.2, 0) is 9.53 Å². The van der Waals surface area contributed by atoms with Crippen molar-refractivity contribution in [3.05, 3.63) is 0 Å². The van der Waals surface area contributed by atoms with Crippen molar-refractivity contribution < 1.29 is 9.53 Å². The Hall–Kier alpha value is -0.650. The maximum atomic E-state index is 11.7. The molecule has 2 atom stereocenters. The molecule has 0 saturated carbocycles. The standard InChI is InChI=1S/C14H31N3O2/c1-6-8-16-14(4,13(15)18)11-12(3)17(7-2)9-10-19-5/h12,16H,6-11H2,1-5H3,(H2,15,18). The lowest BCUT2D eigenvalue weighted by atomic mass is 9.91. The number of rotatable bonds is 11. The van der Waals surface area contributed by atoms with Crippen LogP contribution in [0.4, 0.5) is 0 Å². The van der Waals surface area contributed by atoms with Crippen molar-refractivity contribution in [1.82, 2.24) is 10.2 Å². The number of amides is 1. The highest BCUT2D eigenvalue weighted by atomic mass is 16.5. The zero-order valence-corrected chi connectivity index (χ0v) is 13.2. The van der Waals surface area contributed by atoms with E-state index in [4.69, 9.17) is 10.5 Å². The molecule has 0 spiro atoms. The minimum absolute atomic E-state index is 0.280. The number of nitrogens with two attached hydrogens (primary N) is 1. The largest absolute Gasteiger partial charge is 0.383 e. The molecule has 1 amide bonds. The summed E-state index contributed by atoms with van der Waals surface area (Å²) in [6.45, 7) is 11.5. The van der Waals surface area contributed by atoms with Gasteiger partial charge in [0.15, 0.2) is 0 Å². The Morgan fingerprint density at radius 1 is 1.47 bits per heavy atom. The van der Waals surface area contributed by atoms with E-state index in [0.29, 0.717) is 13.0 Å². The molecule has 0 aliphatic heterocycles. The maximum absolute atomic E-state index is 11.7. The van der Waals surface area contributed by atoms with Crippen LogP contribution in [0.2, 0.25) is 0 Å². The first kappa shape index (κ1) is 18.4. The molecule has 0 aromatic rings. The van der Waals surface area contributed by atoms with Crippen LogP contribution in [0.25, 0.3) is 0 Å². The number of hydrogen-bond acceptors (Lipinski definition) is 4. The number of carbonyl (C=O) groups excluding carboxylic acids is 1. The lowest BCUT2D eigenvalue weighted by Gasteiger charge is -2.35. The molecule has 0 aliphatic rings. The van der Waals surface area contributed by atoms with Crippen LogP contribution < -0.4 is 11.1 Å². The first-order valence-electron chi connectivity index (χ1n) is 7.19. The van der Waals surface area contributed by atoms with Crippen LogP contribution in [-0.4, -0.2) is 55.7 Å². The van der Waals surface area contributed by atoms with Crippen molar-refractivity contribution in [2.45, 2.75) is 52.1 Å². The molecule has 0 radical (unpaired) electrons. The van der Waals surface area contributed by atoms with Crippen molar-refractivity contribution in [2.75, 3.05) is 33.4 Å². The van der Waals surface area contributed by atoms with Crippen molar-refractivity contribution in [2.24, 2.45) is 5.73 Å². The molecule has 3 N–H and O–H groups in total. The molecule has 0 aliphatic carbocycles. The van der Waals surface area contributed by atoms with E-state index in [9.17, 15) is 4.79 Å². The number of methoxy groups -OCH3 is 1. The van der Waals surface area contributed by atoms with Gasteiger partial charge < -0.3 is 15.8 Å². The fourth-order valence-corrected chi connectivity index (χ4v) is 2.28. The molecule has 0 fully saturated rings. The normalized spacial score (nSPS) is 16.3. The third kappa shape index (κ3) is 6.36. The predicted molar refractivity (Wildman–Crippen MR) is 79.1 cm³/mol. The number of hydrogen-bond donors (Lipinski definition) is 2. The fourth-order valence-electron chi connectivity index (χ4n) is 2.28. The lowest BCUT2D eigenvalue weighted by molar-refractivity contribution is -0.124. The quantitative estimate of drug-likeness (QED) is 0.589. The second kappa shape index (κ2) is 9.28. The van der Waals surface area contributed by atoms with E-state index in [-0.39, 0.29) is 11.9 Å². The number of likely N-dealkylation sites (N-methyl/N-ethyl adjacent to an activating group) is 1. The maximum Gasteiger partial charge on any atom is 0.237 e. The van der Waals surface area contributed by atoms with Gasteiger partial charge in [0.05, 0.1) is 12.1 Å². The van der Waals surface area contributed by atoms with E-state index in [2.05, 4.69) is 31.0 Å². The molecule has 5 nitrogen and oxygen atoms in total. The highest BCUT2D eigenvalue weighted by molar-refractivity contribution is 5.84. The lowest BCUT2D eigenvalue weighted by Crippen LogP contribution is -2.56. The number of carbonyl (C=O) groups is 1. The van der Waals surface area contributed by atoms with E-state index >= 15 is 0 Å². The van der Waals surface area contributed by atoms with Crippen LogP contribution in [0.5, 0.6) is 0 Å². The zero-order chi connectivity index (χ0) is 14.9. The third-order valence-corrected chi connectivity index (χ3v) is 3.62. The average molecular weight is 273 g/mol. The zero-order valence-electron chi connectivity index (χ0n) is 13.2. The first-order valence-corrected chi connectivity index (χ1v) is 7.19. The summed E-state index contributed by atoms with van der Waals surface area (Å²) in [6.07, 6.45) is 1.69. The second-order valence-corrected chi connectivity index (χ2v) is 5.30. The summed E-state index contributed by atoms with van der Waals surface area (Å²) in [5, 5.41) is 3.28. The molecule has 0 aromatic carbocycles. The Balaban J connectivity index is 4.59. The van der Waals surface area contributed by atoms with Gasteiger partial charge >= 0.3 is 0 Å². The van der Waals surface area contributed by atoms with Crippen molar-refractivity contribution in [1.29, 1.82) is 0 Å². The molecule has 0 saturated heterocycles. The van der Waals surface area contributed by atoms with Crippen LogP contribution in [0.1, 0.15) is 40.5 Å². The van der Waals surface area contributed by atoms with E-state index in [1.807, 2.05) is 6.92 Å². The average Bonchev–Trinajstić information content (AvgIpc) is 2.37. The molecule has 0 aromatic heterocycles. The number of nitrogens with one attached hydrogen (secondary N) is 1. The summed E-state index contributed by atoms with van der Waals surface area (Å²) in [5.41, 5.74) is 4.91. The summed E-state index contributed by atoms with van der Waals surface area (Å²) in [7, 11) is 1.70. The molecule has 0 rings (SSSR count). The van der Waals surface area contributed by atoms with Crippen molar-refractivity contribution in [3.8, 4) is 0 Å². The van der Waals surface area contributed by atoms with E-state index in [1.165, 1.54) is 0 Å². The molecular weight excluding hydrogens is 242 g/mol. The van der Waals surface area contributed by atoms with Gasteiger partial charge in [0, 0.05) is 19.7 Å². The molecule has 0 heterocycles. The van der Waals surface area contributed by atoms with Gasteiger partial charge in [0.2, 0.25) is 5.91 Å². The molecular formula is C14H31N3O2. The Bertz CT molecular complexity index is 261. The summed E-state index contributed by atoms with van der Waals surface area (Å²) < 4.78 is 5.12. The molecule has 0 bridgehead atoms. The SMILES string of the molecule is CCCNC(C)(CC(C)N(CC)CCOC)C(N)=O. The fraction of sp³-hybridized carbons (Fsp3) is 0.929. The van der Waals surface area contributed by atoms with Crippen molar-refractivity contribution in [3.63, 3.8) is 0 Å².